The van der Waals surface area contributed by atoms with Crippen LogP contribution in [0.1, 0.15) is 25.5 Å². The molecule has 0 radical (unpaired) electrons. The maximum absolute atomic E-state index is 13.7. The van der Waals surface area contributed by atoms with E-state index in [-0.39, 0.29) is 11.5 Å². The zero-order chi connectivity index (χ0) is 22.6. The monoisotopic (exact) mass is 429 g/mol. The van der Waals surface area contributed by atoms with Crippen LogP contribution in [0.3, 0.4) is 0 Å². The number of benzene rings is 2. The minimum Gasteiger partial charge on any atom is -0.495 e. The van der Waals surface area contributed by atoms with Crippen LogP contribution < -0.4 is 15.1 Å². The zero-order valence-electron chi connectivity index (χ0n) is 18.9. The van der Waals surface area contributed by atoms with Gasteiger partial charge in [0.25, 0.3) is 0 Å². The van der Waals surface area contributed by atoms with E-state index in [0.717, 1.165) is 59.7 Å². The molecular formula is C25H27N5O2. The number of fused-ring (bicyclic) bond motifs is 4. The smallest absolute Gasteiger partial charge is 0.199 e. The Kier molecular flexibility index (Phi) is 4.83. The molecule has 4 aromatic rings. The number of nitrogens with zero attached hydrogens (tertiary/aromatic N) is 4. The maximum Gasteiger partial charge on any atom is 0.199 e. The Morgan fingerprint density at radius 3 is 2.50 bits per heavy atom. The highest BCUT2D eigenvalue weighted by Crippen LogP contribution is 2.36. The molecule has 32 heavy (non-hydrogen) atoms. The first-order valence-corrected chi connectivity index (χ1v) is 11.0. The number of hydrogen-bond donors (Lipinski definition) is 1. The average molecular weight is 430 g/mol. The average Bonchev–Trinajstić information content (AvgIpc) is 3.17. The van der Waals surface area contributed by atoms with E-state index in [2.05, 4.69) is 52.4 Å². The molecule has 0 bridgehead atoms. The Morgan fingerprint density at radius 1 is 1.09 bits per heavy atom. The molecule has 1 N–H and O–H groups in total. The molecule has 0 aliphatic carbocycles. The van der Waals surface area contributed by atoms with Crippen molar-refractivity contribution in [3.8, 4) is 11.8 Å². The third-order valence-corrected chi connectivity index (χ3v) is 6.54. The van der Waals surface area contributed by atoms with Gasteiger partial charge >= 0.3 is 0 Å². The van der Waals surface area contributed by atoms with Gasteiger partial charge in [-0.2, -0.15) is 5.26 Å². The van der Waals surface area contributed by atoms with E-state index < -0.39 is 0 Å². The second-order valence-corrected chi connectivity index (χ2v) is 8.85. The summed E-state index contributed by atoms with van der Waals surface area (Å²) in [7, 11) is 3.80. The first-order valence-electron chi connectivity index (χ1n) is 11.0. The van der Waals surface area contributed by atoms with Crippen LogP contribution in [-0.4, -0.2) is 54.8 Å². The van der Waals surface area contributed by atoms with Gasteiger partial charge in [-0.05, 0) is 45.2 Å². The van der Waals surface area contributed by atoms with Crippen LogP contribution in [-0.2, 0) is 0 Å². The summed E-state index contributed by atoms with van der Waals surface area (Å²) < 4.78 is 7.94. The van der Waals surface area contributed by atoms with Crippen molar-refractivity contribution in [2.24, 2.45) is 0 Å². The minimum absolute atomic E-state index is 0.0221. The largest absolute Gasteiger partial charge is 0.495 e. The molecule has 1 saturated heterocycles. The lowest BCUT2D eigenvalue weighted by Gasteiger charge is -2.35. The lowest BCUT2D eigenvalue weighted by Crippen LogP contribution is -2.44. The number of aromatic nitrogens is 2. The topological polar surface area (TPSA) is 77.3 Å². The molecule has 0 atom stereocenters. The van der Waals surface area contributed by atoms with Gasteiger partial charge in [0.1, 0.15) is 11.4 Å². The van der Waals surface area contributed by atoms with Crippen molar-refractivity contribution in [3.05, 3.63) is 46.1 Å². The molecular weight excluding hydrogens is 402 g/mol. The lowest BCUT2D eigenvalue weighted by molar-refractivity contribution is 0.311. The molecule has 1 fully saturated rings. The first kappa shape index (κ1) is 20.4. The maximum atomic E-state index is 13.7. The van der Waals surface area contributed by atoms with Crippen molar-refractivity contribution in [1.29, 1.82) is 5.26 Å². The third-order valence-electron chi connectivity index (χ3n) is 6.54. The van der Waals surface area contributed by atoms with E-state index in [1.54, 1.807) is 19.2 Å². The highest BCUT2D eigenvalue weighted by atomic mass is 16.5. The van der Waals surface area contributed by atoms with Gasteiger partial charge in [0, 0.05) is 43.1 Å². The number of pyridine rings is 1. The molecule has 5 rings (SSSR count). The molecule has 0 saturated carbocycles. The molecule has 164 valence electrons. The lowest BCUT2D eigenvalue weighted by atomic mass is 10.1. The third kappa shape index (κ3) is 3.02. The summed E-state index contributed by atoms with van der Waals surface area (Å²) in [5.41, 5.74) is 4.04. The van der Waals surface area contributed by atoms with Gasteiger partial charge in [-0.25, -0.2) is 0 Å². The minimum atomic E-state index is -0.0221. The number of H-pyrrole nitrogens is 1. The second kappa shape index (κ2) is 7.57. The Balaban J connectivity index is 1.86. The van der Waals surface area contributed by atoms with Crippen LogP contribution in [0.2, 0.25) is 0 Å². The van der Waals surface area contributed by atoms with Crippen molar-refractivity contribution in [3.63, 3.8) is 0 Å². The van der Waals surface area contributed by atoms with Crippen molar-refractivity contribution in [1.82, 2.24) is 14.5 Å². The van der Waals surface area contributed by atoms with Gasteiger partial charge in [-0.3, -0.25) is 4.79 Å². The van der Waals surface area contributed by atoms with Crippen LogP contribution in [0.25, 0.3) is 32.8 Å². The van der Waals surface area contributed by atoms with Crippen molar-refractivity contribution in [2.75, 3.05) is 45.2 Å². The zero-order valence-corrected chi connectivity index (χ0v) is 18.9. The fourth-order valence-electron chi connectivity index (χ4n) is 4.85. The standard InChI is InChI=1S/C25H27N5O2/c1-15(2)30-20-13-21(29-9-7-28(3)8-10-29)22(32-4)12-18(20)24(31)23-17-6-5-16(14-26)11-19(17)27-25(23)30/h5-6,11-13,15,27H,7-10H2,1-4H3. The fourth-order valence-corrected chi connectivity index (χ4v) is 4.85. The molecule has 3 heterocycles. The van der Waals surface area contributed by atoms with Gasteiger partial charge in [-0.1, -0.05) is 6.07 Å². The summed E-state index contributed by atoms with van der Waals surface area (Å²) in [5, 5.41) is 11.4. The van der Waals surface area contributed by atoms with Crippen LogP contribution in [0.15, 0.2) is 35.1 Å². The van der Waals surface area contributed by atoms with Gasteiger partial charge in [-0.15, -0.1) is 0 Å². The predicted molar refractivity (Wildman–Crippen MR) is 129 cm³/mol. The Bertz CT molecular complexity index is 1450. The van der Waals surface area contributed by atoms with Gasteiger partial charge < -0.3 is 24.1 Å². The number of likely N-dealkylation sites (N-methyl/N-ethyl adjacent to an activating group) is 1. The quantitative estimate of drug-likeness (QED) is 0.535. The summed E-state index contributed by atoms with van der Waals surface area (Å²) >= 11 is 0. The van der Waals surface area contributed by atoms with Gasteiger partial charge in [0.15, 0.2) is 5.43 Å². The fraction of sp³-hybridized carbons (Fsp3) is 0.360. The summed E-state index contributed by atoms with van der Waals surface area (Å²) in [6.07, 6.45) is 0. The van der Waals surface area contributed by atoms with E-state index in [4.69, 9.17) is 4.74 Å². The van der Waals surface area contributed by atoms with Crippen LogP contribution in [0.4, 0.5) is 5.69 Å². The molecule has 7 nitrogen and oxygen atoms in total. The normalized spacial score (nSPS) is 15.2. The van der Waals surface area contributed by atoms with E-state index in [1.165, 1.54) is 0 Å². The number of methoxy groups -OCH3 is 1. The van der Waals surface area contributed by atoms with Gasteiger partial charge in [0.05, 0.1) is 40.7 Å². The van der Waals surface area contributed by atoms with E-state index >= 15 is 0 Å². The molecule has 2 aromatic heterocycles. The first-order chi connectivity index (χ1) is 15.4. The number of aromatic amines is 1. The predicted octanol–water partition coefficient (Wildman–Crippen LogP) is 3.85. The Labute approximate surface area is 186 Å². The summed E-state index contributed by atoms with van der Waals surface area (Å²) in [6.45, 7) is 8.04. The van der Waals surface area contributed by atoms with Crippen molar-refractivity contribution >= 4 is 38.5 Å². The summed E-state index contributed by atoms with van der Waals surface area (Å²) in [6, 6.07) is 11.7. The van der Waals surface area contributed by atoms with E-state index in [9.17, 15) is 10.1 Å². The second-order valence-electron chi connectivity index (χ2n) is 8.85. The number of anilines is 1. The molecule has 2 aromatic carbocycles. The SMILES string of the molecule is COc1cc2c(=O)c3c4ccc(C#N)cc4[nH]c3n(C(C)C)c2cc1N1CCN(C)CC1. The number of nitrogens with one attached hydrogen (secondary N) is 1. The number of nitriles is 1. The van der Waals surface area contributed by atoms with Gasteiger partial charge in [0.2, 0.25) is 0 Å². The number of rotatable bonds is 3. The van der Waals surface area contributed by atoms with Crippen molar-refractivity contribution < 1.29 is 4.74 Å². The Morgan fingerprint density at radius 2 is 1.84 bits per heavy atom. The summed E-state index contributed by atoms with van der Waals surface area (Å²) in [5.74, 6) is 0.723. The van der Waals surface area contributed by atoms with Crippen LogP contribution >= 0.6 is 0 Å². The van der Waals surface area contributed by atoms with E-state index in [1.807, 2.05) is 12.1 Å². The molecule has 0 amide bonds. The number of piperazine rings is 1. The molecule has 1 aliphatic heterocycles. The van der Waals surface area contributed by atoms with E-state index in [0.29, 0.717) is 16.3 Å². The highest BCUT2D eigenvalue weighted by molar-refractivity contribution is 6.10. The summed E-state index contributed by atoms with van der Waals surface area (Å²) in [4.78, 5) is 21.8. The molecule has 0 spiro atoms. The number of hydrogen-bond acceptors (Lipinski definition) is 5. The highest BCUT2D eigenvalue weighted by Gasteiger charge is 2.23. The molecule has 7 heteroatoms. The molecule has 0 unspecified atom stereocenters. The Hall–Kier alpha value is -3.50. The van der Waals surface area contributed by atoms with Crippen LogP contribution in [0, 0.1) is 11.3 Å². The van der Waals surface area contributed by atoms with Crippen molar-refractivity contribution in [2.45, 2.75) is 19.9 Å². The van der Waals surface area contributed by atoms with Crippen LogP contribution in [0.5, 0.6) is 5.75 Å². The molecule has 1 aliphatic rings. The number of ether oxygens (including phenoxy) is 1.